The lowest BCUT2D eigenvalue weighted by molar-refractivity contribution is -0.139. The van der Waals surface area contributed by atoms with Crippen LogP contribution >= 0.6 is 0 Å². The van der Waals surface area contributed by atoms with Gasteiger partial charge in [0.05, 0.1) is 12.1 Å². The smallest absolute Gasteiger partial charge is 0.237 e. The topological polar surface area (TPSA) is 102 Å². The van der Waals surface area contributed by atoms with Crippen molar-refractivity contribution >= 4 is 17.7 Å². The maximum absolute atomic E-state index is 14.3. The molecule has 3 amide bonds. The van der Waals surface area contributed by atoms with E-state index in [0.717, 1.165) is 44.9 Å². The van der Waals surface area contributed by atoms with Crippen LogP contribution in [0.15, 0.2) is 0 Å². The van der Waals surface area contributed by atoms with Gasteiger partial charge in [0, 0.05) is 56.3 Å². The zero-order valence-electron chi connectivity index (χ0n) is 27.8. The van der Waals surface area contributed by atoms with Gasteiger partial charge in [-0.3, -0.25) is 19.8 Å². The fraction of sp³-hybridized carbons (Fsp3) is 0.857. The van der Waals surface area contributed by atoms with Crippen molar-refractivity contribution in [3.8, 4) is 12.3 Å². The lowest BCUT2D eigenvalue weighted by Crippen LogP contribution is -2.55. The summed E-state index contributed by atoms with van der Waals surface area (Å²) in [7, 11) is 0. The van der Waals surface area contributed by atoms with Gasteiger partial charge in [-0.05, 0) is 70.1 Å². The number of nitrogens with zero attached hydrogens (tertiary/aromatic N) is 2. The molecule has 256 valence electrons. The molecule has 7 atom stereocenters. The molecule has 3 saturated carbocycles. The van der Waals surface area contributed by atoms with Crippen LogP contribution < -0.4 is 10.7 Å². The molecule has 0 radical (unpaired) electrons. The fourth-order valence-electron chi connectivity index (χ4n) is 7.67. The van der Waals surface area contributed by atoms with E-state index in [2.05, 4.69) is 16.7 Å². The Morgan fingerprint density at radius 2 is 1.49 bits per heavy atom. The number of nitrogens with one attached hydrogen (secondary N) is 2. The molecule has 0 aromatic rings. The minimum Gasteiger partial charge on any atom is -0.390 e. The van der Waals surface area contributed by atoms with Crippen LogP contribution in [-0.4, -0.2) is 83.4 Å². The second-order valence-corrected chi connectivity index (χ2v) is 13.8. The zero-order chi connectivity index (χ0) is 32.9. The predicted octanol–water partition coefficient (Wildman–Crippen LogP) is 4.95. The van der Waals surface area contributed by atoms with Gasteiger partial charge in [0.25, 0.3) is 0 Å². The molecule has 10 heteroatoms. The van der Waals surface area contributed by atoms with Crippen molar-refractivity contribution in [3.63, 3.8) is 0 Å². The summed E-state index contributed by atoms with van der Waals surface area (Å²) in [6, 6.07) is -0.780. The average Bonchev–Trinajstić information content (AvgIpc) is 3.03. The van der Waals surface area contributed by atoms with Gasteiger partial charge in [-0.1, -0.05) is 40.0 Å². The predicted molar refractivity (Wildman–Crippen MR) is 172 cm³/mol. The number of hydrogen-bond acceptors (Lipinski definition) is 5. The molecule has 3 fully saturated rings. The maximum Gasteiger partial charge on any atom is 0.237 e. The van der Waals surface area contributed by atoms with Crippen molar-refractivity contribution in [2.75, 3.05) is 26.2 Å². The third-order valence-corrected chi connectivity index (χ3v) is 10.1. The molecule has 0 aromatic heterocycles. The second kappa shape index (κ2) is 18.8. The van der Waals surface area contributed by atoms with E-state index >= 15 is 0 Å². The van der Waals surface area contributed by atoms with E-state index in [1.165, 1.54) is 0 Å². The van der Waals surface area contributed by atoms with E-state index in [1.807, 2.05) is 25.7 Å². The molecule has 0 aliphatic heterocycles. The number of aliphatic hydroxyl groups is 1. The van der Waals surface area contributed by atoms with Crippen LogP contribution in [0.25, 0.3) is 0 Å². The Labute approximate surface area is 269 Å². The highest BCUT2D eigenvalue weighted by Gasteiger charge is 2.39. The van der Waals surface area contributed by atoms with Gasteiger partial charge in [0.1, 0.15) is 12.3 Å². The first-order chi connectivity index (χ1) is 21.6. The molecule has 3 N–H and O–H groups in total. The van der Waals surface area contributed by atoms with Crippen LogP contribution in [0.2, 0.25) is 0 Å². The first kappa shape index (κ1) is 37.2. The molecule has 8 nitrogen and oxygen atoms in total. The average molecular weight is 637 g/mol. The normalized spacial score (nSPS) is 28.9. The Bertz CT molecular complexity index is 971. The van der Waals surface area contributed by atoms with E-state index in [1.54, 1.807) is 5.01 Å². The second-order valence-electron chi connectivity index (χ2n) is 13.8. The first-order valence-electron chi connectivity index (χ1n) is 17.6. The van der Waals surface area contributed by atoms with Gasteiger partial charge in [-0.15, -0.1) is 12.3 Å². The number of hydrazine groups is 1. The summed E-state index contributed by atoms with van der Waals surface area (Å²) in [6.07, 6.45) is 10.6. The van der Waals surface area contributed by atoms with Crippen molar-refractivity contribution < 1.29 is 28.3 Å². The summed E-state index contributed by atoms with van der Waals surface area (Å²) in [6.45, 7) is 7.77. The summed E-state index contributed by atoms with van der Waals surface area (Å²) in [5.74, 6) is 0.957. The van der Waals surface area contributed by atoms with E-state index in [-0.39, 0.29) is 73.6 Å². The molecule has 3 aliphatic carbocycles. The number of alkyl halides is 2. The zero-order valence-corrected chi connectivity index (χ0v) is 27.8. The number of carbonyl (C=O) groups excluding carboxylic acids is 3. The van der Waals surface area contributed by atoms with Crippen LogP contribution in [0.1, 0.15) is 111 Å². The third kappa shape index (κ3) is 11.5. The Hall–Kier alpha value is -2.25. The Morgan fingerprint density at radius 1 is 0.867 bits per heavy atom. The molecule has 45 heavy (non-hydrogen) atoms. The lowest BCUT2D eigenvalue weighted by Gasteiger charge is -2.37. The SMILES string of the molecule is C#CC1CC(C(=O)NC(CC2CC(F)CC(F)C2)C(O)CN(CC)NC(=O)C2CCCCC2)CC(C(=O)N(CCC)CCC)C1. The van der Waals surface area contributed by atoms with Gasteiger partial charge >= 0.3 is 0 Å². The molecule has 0 bridgehead atoms. The minimum atomic E-state index is -1.26. The van der Waals surface area contributed by atoms with Gasteiger partial charge < -0.3 is 15.3 Å². The van der Waals surface area contributed by atoms with Gasteiger partial charge in [-0.25, -0.2) is 13.8 Å². The highest BCUT2D eigenvalue weighted by atomic mass is 19.1. The molecular weight excluding hydrogens is 578 g/mol. The van der Waals surface area contributed by atoms with Crippen LogP contribution in [-0.2, 0) is 14.4 Å². The maximum atomic E-state index is 14.3. The first-order valence-corrected chi connectivity index (χ1v) is 17.6. The minimum absolute atomic E-state index is 0.0329. The number of terminal acetylenes is 1. The molecule has 0 heterocycles. The summed E-state index contributed by atoms with van der Waals surface area (Å²) in [5, 5.41) is 16.2. The summed E-state index contributed by atoms with van der Waals surface area (Å²) >= 11 is 0. The molecular formula is C35H58F2N4O4. The number of aliphatic hydroxyl groups excluding tert-OH is 1. The fourth-order valence-corrected chi connectivity index (χ4v) is 7.67. The van der Waals surface area contributed by atoms with Crippen molar-refractivity contribution in [2.24, 2.45) is 29.6 Å². The standard InChI is InChI=1S/C35H58F2N4O4/c1-5-14-40(15-6-2)35(45)28-17-24(7-3)16-27(21-28)33(43)38-31(20-25-18-29(36)22-30(37)19-25)32(42)23-41(8-4)39-34(44)26-12-10-9-11-13-26/h3,24-32,42H,5-6,8-23H2,1-2,4H3,(H,38,43)(H,39,44). The Kier molecular flexibility index (Phi) is 15.5. The van der Waals surface area contributed by atoms with Crippen LogP contribution in [0.4, 0.5) is 8.78 Å². The van der Waals surface area contributed by atoms with E-state index in [9.17, 15) is 28.3 Å². The van der Waals surface area contributed by atoms with Crippen molar-refractivity contribution in [2.45, 2.75) is 135 Å². The molecule has 3 aliphatic rings. The number of carbonyl (C=O) groups is 3. The molecule has 0 saturated heterocycles. The highest BCUT2D eigenvalue weighted by Crippen LogP contribution is 2.36. The summed E-state index contributed by atoms with van der Waals surface area (Å²) in [4.78, 5) is 42.1. The number of likely N-dealkylation sites (N-methyl/N-ethyl adjacent to an activating group) is 1. The van der Waals surface area contributed by atoms with Crippen molar-refractivity contribution in [1.29, 1.82) is 0 Å². The molecule has 0 spiro atoms. The van der Waals surface area contributed by atoms with Crippen LogP contribution in [0.5, 0.6) is 0 Å². The van der Waals surface area contributed by atoms with E-state index in [0.29, 0.717) is 38.9 Å². The molecule has 0 aromatic carbocycles. The number of hydrogen-bond donors (Lipinski definition) is 3. The monoisotopic (exact) mass is 636 g/mol. The van der Waals surface area contributed by atoms with Crippen LogP contribution in [0.3, 0.4) is 0 Å². The molecule has 3 rings (SSSR count). The van der Waals surface area contributed by atoms with E-state index < -0.39 is 30.4 Å². The van der Waals surface area contributed by atoms with Crippen molar-refractivity contribution in [1.82, 2.24) is 20.7 Å². The highest BCUT2D eigenvalue weighted by molar-refractivity contribution is 5.83. The third-order valence-electron chi connectivity index (χ3n) is 10.1. The van der Waals surface area contributed by atoms with E-state index in [4.69, 9.17) is 6.42 Å². The largest absolute Gasteiger partial charge is 0.390 e. The van der Waals surface area contributed by atoms with Crippen LogP contribution in [0, 0.1) is 41.9 Å². The molecule has 7 unspecified atom stereocenters. The Morgan fingerprint density at radius 3 is 2.07 bits per heavy atom. The number of rotatable bonds is 15. The van der Waals surface area contributed by atoms with Crippen molar-refractivity contribution in [3.05, 3.63) is 0 Å². The quantitative estimate of drug-likeness (QED) is 0.175. The number of halogens is 2. The van der Waals surface area contributed by atoms with Gasteiger partial charge in [-0.2, -0.15) is 0 Å². The summed E-state index contributed by atoms with van der Waals surface area (Å²) in [5.41, 5.74) is 2.96. The Balaban J connectivity index is 1.73. The summed E-state index contributed by atoms with van der Waals surface area (Å²) < 4.78 is 28.7. The lowest BCUT2D eigenvalue weighted by atomic mass is 9.74. The number of amides is 3. The van der Waals surface area contributed by atoms with Gasteiger partial charge in [0.15, 0.2) is 0 Å². The van der Waals surface area contributed by atoms with Gasteiger partial charge in [0.2, 0.25) is 17.7 Å².